The maximum absolute atomic E-state index is 13.8. The second kappa shape index (κ2) is 4.74. The molecule has 1 amide bonds. The van der Waals surface area contributed by atoms with Gasteiger partial charge in [0.25, 0.3) is 0 Å². The van der Waals surface area contributed by atoms with Crippen molar-refractivity contribution in [2.24, 2.45) is 5.73 Å². The number of nitrogens with two attached hydrogens (primary N) is 1. The van der Waals surface area contributed by atoms with Gasteiger partial charge in [-0.2, -0.15) is 0 Å². The second-order valence-electron chi connectivity index (χ2n) is 6.01. The van der Waals surface area contributed by atoms with Crippen molar-refractivity contribution in [3.05, 3.63) is 30.1 Å². The Balaban J connectivity index is 1.86. The first kappa shape index (κ1) is 13.4. The van der Waals surface area contributed by atoms with Crippen molar-refractivity contribution < 1.29 is 9.18 Å². The van der Waals surface area contributed by atoms with E-state index in [0.29, 0.717) is 24.7 Å². The fraction of sp³-hybridized carbons (Fsp3) is 0.533. The van der Waals surface area contributed by atoms with Crippen LogP contribution >= 0.6 is 0 Å². The van der Waals surface area contributed by atoms with E-state index in [1.54, 1.807) is 18.2 Å². The third-order valence-corrected chi connectivity index (χ3v) is 4.40. The van der Waals surface area contributed by atoms with Gasteiger partial charge >= 0.3 is 0 Å². The molecule has 3 N–H and O–H groups in total. The summed E-state index contributed by atoms with van der Waals surface area (Å²) >= 11 is 0. The summed E-state index contributed by atoms with van der Waals surface area (Å²) in [6, 6.07) is 7.25. The number of hydrogen-bond acceptors (Lipinski definition) is 3. The highest BCUT2D eigenvalue weighted by atomic mass is 19.1. The minimum absolute atomic E-state index is 0.286. The summed E-state index contributed by atoms with van der Waals surface area (Å²) in [5.74, 6) is -0.763. The largest absolute Gasteiger partial charge is 0.368 e. The lowest BCUT2D eigenvalue weighted by Crippen LogP contribution is -2.52. The number of carbonyl (C=O) groups excluding carboxylic acids is 1. The summed E-state index contributed by atoms with van der Waals surface area (Å²) in [7, 11) is 0. The smallest absolute Gasteiger partial charge is 0.244 e. The van der Waals surface area contributed by atoms with E-state index in [1.165, 1.54) is 18.9 Å². The molecule has 1 aliphatic heterocycles. The maximum atomic E-state index is 13.8. The number of para-hydroxylation sites is 1. The fourth-order valence-corrected chi connectivity index (χ4v) is 3.20. The van der Waals surface area contributed by atoms with Gasteiger partial charge in [-0.25, -0.2) is 4.39 Å². The number of primary amides is 1. The molecule has 20 heavy (non-hydrogen) atoms. The summed E-state index contributed by atoms with van der Waals surface area (Å²) in [6.07, 6.45) is 2.98. The van der Waals surface area contributed by atoms with Gasteiger partial charge in [-0.1, -0.05) is 12.1 Å². The fourth-order valence-electron chi connectivity index (χ4n) is 3.20. The quantitative estimate of drug-likeness (QED) is 0.881. The van der Waals surface area contributed by atoms with Crippen molar-refractivity contribution in [1.82, 2.24) is 4.90 Å². The van der Waals surface area contributed by atoms with Crippen LogP contribution in [0.3, 0.4) is 0 Å². The lowest BCUT2D eigenvalue weighted by Gasteiger charge is -2.28. The van der Waals surface area contributed by atoms with Crippen molar-refractivity contribution in [3.8, 4) is 0 Å². The first-order chi connectivity index (χ1) is 9.52. The van der Waals surface area contributed by atoms with Gasteiger partial charge in [-0.3, -0.25) is 9.69 Å². The molecule has 1 aromatic carbocycles. The third kappa shape index (κ3) is 2.26. The lowest BCUT2D eigenvalue weighted by atomic mass is 9.95. The van der Waals surface area contributed by atoms with Gasteiger partial charge in [0.2, 0.25) is 5.91 Å². The molecule has 0 aromatic heterocycles. The average Bonchev–Trinajstić information content (AvgIpc) is 3.17. The van der Waals surface area contributed by atoms with Crippen LogP contribution in [-0.2, 0) is 4.79 Å². The molecule has 1 aliphatic carbocycles. The van der Waals surface area contributed by atoms with E-state index in [2.05, 4.69) is 17.1 Å². The van der Waals surface area contributed by atoms with E-state index in [0.717, 1.165) is 0 Å². The molecular formula is C15H20FN3O. The molecule has 1 aromatic rings. The standard InChI is InChI=1S/C15H20FN3O/c1-10-8-15(14(17)20,9-19(10)11-6-7-11)18-13-5-3-2-4-12(13)16/h2-5,10-11,18H,6-9H2,1H3,(H2,17,20). The molecule has 108 valence electrons. The SMILES string of the molecule is CC1CC(Nc2ccccc2F)(C(N)=O)CN1C1CC1. The zero-order valence-electron chi connectivity index (χ0n) is 11.6. The Hall–Kier alpha value is -1.62. The molecule has 1 saturated carbocycles. The minimum atomic E-state index is -0.871. The maximum Gasteiger partial charge on any atom is 0.244 e. The molecule has 1 heterocycles. The van der Waals surface area contributed by atoms with Crippen molar-refractivity contribution in [3.63, 3.8) is 0 Å². The number of rotatable bonds is 4. The monoisotopic (exact) mass is 277 g/mol. The van der Waals surface area contributed by atoms with Gasteiger partial charge in [0, 0.05) is 18.6 Å². The molecule has 2 atom stereocenters. The van der Waals surface area contributed by atoms with E-state index in [9.17, 15) is 9.18 Å². The van der Waals surface area contributed by atoms with E-state index >= 15 is 0 Å². The summed E-state index contributed by atoms with van der Waals surface area (Å²) in [5.41, 5.74) is 5.10. The van der Waals surface area contributed by atoms with Crippen LogP contribution in [0.4, 0.5) is 10.1 Å². The van der Waals surface area contributed by atoms with Crippen LogP contribution in [0.15, 0.2) is 24.3 Å². The van der Waals surface area contributed by atoms with Crippen LogP contribution < -0.4 is 11.1 Å². The van der Waals surface area contributed by atoms with Crippen LogP contribution in [0.5, 0.6) is 0 Å². The molecule has 3 rings (SSSR count). The molecule has 2 unspecified atom stereocenters. The Morgan fingerprint density at radius 2 is 2.15 bits per heavy atom. The van der Waals surface area contributed by atoms with E-state index in [1.807, 2.05) is 0 Å². The molecule has 5 heteroatoms. The zero-order chi connectivity index (χ0) is 14.3. The molecule has 0 radical (unpaired) electrons. The van der Waals surface area contributed by atoms with Crippen LogP contribution in [0, 0.1) is 5.82 Å². The Morgan fingerprint density at radius 1 is 1.45 bits per heavy atom. The number of likely N-dealkylation sites (tertiary alicyclic amines) is 1. The average molecular weight is 277 g/mol. The van der Waals surface area contributed by atoms with Gasteiger partial charge in [-0.15, -0.1) is 0 Å². The topological polar surface area (TPSA) is 58.4 Å². The number of carbonyl (C=O) groups is 1. The van der Waals surface area contributed by atoms with Crippen LogP contribution in [0.25, 0.3) is 0 Å². The predicted octanol–water partition coefficient (Wildman–Crippen LogP) is 1.72. The molecule has 2 aliphatic rings. The molecular weight excluding hydrogens is 257 g/mol. The van der Waals surface area contributed by atoms with Crippen molar-refractivity contribution in [2.75, 3.05) is 11.9 Å². The highest BCUT2D eigenvalue weighted by Crippen LogP contribution is 2.38. The van der Waals surface area contributed by atoms with E-state index in [-0.39, 0.29) is 11.9 Å². The number of amides is 1. The molecule has 2 fully saturated rings. The first-order valence-corrected chi connectivity index (χ1v) is 7.10. The summed E-state index contributed by atoms with van der Waals surface area (Å²) in [4.78, 5) is 14.3. The first-order valence-electron chi connectivity index (χ1n) is 7.10. The van der Waals surface area contributed by atoms with Crippen molar-refractivity contribution >= 4 is 11.6 Å². The predicted molar refractivity (Wildman–Crippen MR) is 75.8 cm³/mol. The highest BCUT2D eigenvalue weighted by Gasteiger charge is 2.50. The van der Waals surface area contributed by atoms with Crippen molar-refractivity contribution in [2.45, 2.75) is 43.8 Å². The van der Waals surface area contributed by atoms with Gasteiger partial charge in [0.1, 0.15) is 11.4 Å². The van der Waals surface area contributed by atoms with Crippen LogP contribution in [-0.4, -0.2) is 35.0 Å². The minimum Gasteiger partial charge on any atom is -0.368 e. The molecule has 4 nitrogen and oxygen atoms in total. The Morgan fingerprint density at radius 3 is 2.75 bits per heavy atom. The highest BCUT2D eigenvalue weighted by molar-refractivity contribution is 5.89. The normalized spacial score (nSPS) is 30.4. The Labute approximate surface area is 118 Å². The number of nitrogens with zero attached hydrogens (tertiary/aromatic N) is 1. The number of benzene rings is 1. The van der Waals surface area contributed by atoms with Gasteiger partial charge in [0.05, 0.1) is 5.69 Å². The summed E-state index contributed by atoms with van der Waals surface area (Å²) in [5, 5.41) is 3.07. The van der Waals surface area contributed by atoms with Gasteiger partial charge in [-0.05, 0) is 38.3 Å². The summed E-state index contributed by atoms with van der Waals surface area (Å²) < 4.78 is 13.8. The molecule has 1 saturated heterocycles. The molecule has 0 spiro atoms. The molecule has 0 bridgehead atoms. The second-order valence-corrected chi connectivity index (χ2v) is 6.01. The van der Waals surface area contributed by atoms with Crippen LogP contribution in [0.2, 0.25) is 0 Å². The van der Waals surface area contributed by atoms with Gasteiger partial charge < -0.3 is 11.1 Å². The van der Waals surface area contributed by atoms with Gasteiger partial charge in [0.15, 0.2) is 0 Å². The lowest BCUT2D eigenvalue weighted by molar-refractivity contribution is -0.122. The number of halogens is 1. The van der Waals surface area contributed by atoms with Crippen molar-refractivity contribution in [1.29, 1.82) is 0 Å². The number of hydrogen-bond donors (Lipinski definition) is 2. The Bertz CT molecular complexity index is 532. The van der Waals surface area contributed by atoms with E-state index < -0.39 is 11.4 Å². The zero-order valence-corrected chi connectivity index (χ0v) is 11.6. The Kier molecular flexibility index (Phi) is 3.17. The number of nitrogens with one attached hydrogen (secondary N) is 1. The van der Waals surface area contributed by atoms with Crippen LogP contribution in [0.1, 0.15) is 26.2 Å². The van der Waals surface area contributed by atoms with E-state index in [4.69, 9.17) is 5.73 Å². The number of anilines is 1. The third-order valence-electron chi connectivity index (χ3n) is 4.40. The summed E-state index contributed by atoms with van der Waals surface area (Å²) in [6.45, 7) is 2.66.